The molecule has 0 aliphatic carbocycles. The number of aromatic nitrogens is 2. The van der Waals surface area contributed by atoms with Crippen molar-refractivity contribution in [1.29, 1.82) is 0 Å². The Morgan fingerprint density at radius 3 is 2.36 bits per heavy atom. The predicted octanol–water partition coefficient (Wildman–Crippen LogP) is 3.21. The van der Waals surface area contributed by atoms with Gasteiger partial charge in [-0.3, -0.25) is 4.79 Å². The van der Waals surface area contributed by atoms with Gasteiger partial charge in [0.05, 0.1) is 16.3 Å². The smallest absolute Gasteiger partial charge is 0.333 e. The molecule has 1 aliphatic heterocycles. The van der Waals surface area contributed by atoms with Crippen LogP contribution in [0.3, 0.4) is 0 Å². The number of alkyl halides is 2. The number of benzene rings is 2. The van der Waals surface area contributed by atoms with Gasteiger partial charge in [-0.05, 0) is 36.4 Å². The highest BCUT2D eigenvalue weighted by Gasteiger charge is 2.33. The molecular weight excluding hydrogens is 563 g/mol. The van der Waals surface area contributed by atoms with E-state index in [2.05, 4.69) is 10.3 Å². The number of halogens is 4. The lowest BCUT2D eigenvalue weighted by Crippen LogP contribution is -2.35. The number of rotatable bonds is 5. The first-order chi connectivity index (χ1) is 16.9. The molecule has 0 saturated carbocycles. The molecule has 1 aliphatic rings. The van der Waals surface area contributed by atoms with E-state index < -0.39 is 60.4 Å². The Balaban J connectivity index is 1.64. The minimum Gasteiger partial charge on any atom is -0.388 e. The molecule has 4 rings (SSSR count). The Morgan fingerprint density at radius 1 is 1.11 bits per heavy atom. The number of nitrogens with one attached hydrogen (secondary N) is 4. The van der Waals surface area contributed by atoms with Gasteiger partial charge in [-0.15, -0.1) is 23.2 Å². The molecule has 10 nitrogen and oxygen atoms in total. The maximum atomic E-state index is 14.9. The number of sulfonamides is 1. The van der Waals surface area contributed by atoms with Gasteiger partial charge in [0.2, 0.25) is 0 Å². The van der Waals surface area contributed by atoms with Crippen molar-refractivity contribution in [3.05, 3.63) is 73.1 Å². The first-order valence-corrected chi connectivity index (χ1v) is 13.1. The van der Waals surface area contributed by atoms with Crippen molar-refractivity contribution in [3.8, 4) is 5.69 Å². The molecule has 2 atom stereocenters. The fourth-order valence-electron chi connectivity index (χ4n) is 3.33. The summed E-state index contributed by atoms with van der Waals surface area (Å²) in [5.74, 6) is -2.73. The molecule has 2 aromatic carbocycles. The van der Waals surface area contributed by atoms with Crippen LogP contribution in [-0.4, -0.2) is 41.1 Å². The molecule has 0 bridgehead atoms. The zero-order chi connectivity index (χ0) is 26.4. The third-order valence-electron chi connectivity index (χ3n) is 4.95. The number of nitrogens with zero attached hydrogens (tertiary/aromatic N) is 1. The Morgan fingerprint density at radius 2 is 1.78 bits per heavy atom. The normalized spacial score (nSPS) is 17.6. The number of anilines is 2. The topological polar surface area (TPSA) is 142 Å². The first-order valence-electron chi connectivity index (χ1n) is 9.88. The van der Waals surface area contributed by atoms with Crippen molar-refractivity contribution in [2.75, 3.05) is 17.7 Å². The van der Waals surface area contributed by atoms with E-state index >= 15 is 0 Å². The van der Waals surface area contributed by atoms with Gasteiger partial charge in [0.1, 0.15) is 14.6 Å². The van der Waals surface area contributed by atoms with E-state index in [0.717, 1.165) is 6.08 Å². The molecular formula is C20H15Cl2F2N5O5S2. The zero-order valence-electron chi connectivity index (χ0n) is 17.9. The van der Waals surface area contributed by atoms with Crippen LogP contribution in [0.2, 0.25) is 0 Å². The summed E-state index contributed by atoms with van der Waals surface area (Å²) in [6.07, 6.45) is 1.14. The first kappa shape index (κ1) is 26.0. The molecule has 3 aromatic rings. The van der Waals surface area contributed by atoms with E-state index in [1.54, 1.807) is 17.8 Å². The average Bonchev–Trinajstić information content (AvgIpc) is 3.13. The Labute approximate surface area is 215 Å². The van der Waals surface area contributed by atoms with Crippen molar-refractivity contribution in [1.82, 2.24) is 14.3 Å². The predicted molar refractivity (Wildman–Crippen MR) is 136 cm³/mol. The number of carbonyl (C=O) groups is 1. The van der Waals surface area contributed by atoms with Gasteiger partial charge in [-0.2, -0.15) is 0 Å². The highest BCUT2D eigenvalue weighted by atomic mass is 35.5. The average molecular weight is 578 g/mol. The number of hydrogen-bond donors (Lipinski definition) is 4. The summed E-state index contributed by atoms with van der Waals surface area (Å²) in [5.41, 5.74) is -2.79. The van der Waals surface area contributed by atoms with Gasteiger partial charge >= 0.3 is 11.7 Å². The van der Waals surface area contributed by atoms with Crippen molar-refractivity contribution in [3.63, 3.8) is 0 Å². The van der Waals surface area contributed by atoms with Crippen LogP contribution < -0.4 is 26.6 Å². The molecule has 36 heavy (non-hydrogen) atoms. The second-order valence-corrected chi connectivity index (χ2v) is 11.7. The van der Waals surface area contributed by atoms with Gasteiger partial charge in [-0.25, -0.2) is 36.1 Å². The molecule has 2 unspecified atom stereocenters. The molecule has 0 radical (unpaired) electrons. The third-order valence-corrected chi connectivity index (χ3v) is 9.10. The summed E-state index contributed by atoms with van der Waals surface area (Å²) in [6, 6.07) is 4.32. The summed E-state index contributed by atoms with van der Waals surface area (Å²) in [5, 5.41) is 4.03. The minimum absolute atomic E-state index is 0.00311. The highest BCUT2D eigenvalue weighted by molar-refractivity contribution is 8.19. The standard InChI is InChI=1S/C20H15Cl2F2N5O5S2/c1-25-8-2-3-10-14(6-8)27-20(32)29(18(10)30)16-12(23)4-9(5-13(16)24)26-19(31)28-36(33,34)15-7-11(21)17(22)35-15/h2-7,11,17,25H,1H3,(H,27,32)(H2,26,28,31). The third kappa shape index (κ3) is 4.93. The number of hydrogen-bond acceptors (Lipinski definition) is 7. The molecule has 1 aromatic heterocycles. The lowest BCUT2D eigenvalue weighted by Gasteiger charge is -2.12. The molecule has 0 saturated heterocycles. The second kappa shape index (κ2) is 9.76. The Bertz CT molecular complexity index is 1640. The van der Waals surface area contributed by atoms with E-state index in [0.29, 0.717) is 29.6 Å². The van der Waals surface area contributed by atoms with Crippen LogP contribution in [-0.2, 0) is 10.0 Å². The zero-order valence-corrected chi connectivity index (χ0v) is 21.1. The van der Waals surface area contributed by atoms with Gasteiger partial charge in [0.25, 0.3) is 15.6 Å². The van der Waals surface area contributed by atoms with Crippen LogP contribution in [0, 0.1) is 11.6 Å². The molecule has 2 heterocycles. The Kier molecular flexibility index (Phi) is 7.05. The SMILES string of the molecule is CNc1ccc2c(=O)n(-c3c(F)cc(NC(=O)NS(=O)(=O)C4=CC(Cl)C(Cl)S4)cc3F)c(=O)[nH]c2c1. The van der Waals surface area contributed by atoms with Crippen LogP contribution in [0.5, 0.6) is 0 Å². The van der Waals surface area contributed by atoms with Gasteiger partial charge in [0, 0.05) is 18.4 Å². The molecule has 16 heteroatoms. The maximum Gasteiger partial charge on any atom is 0.333 e. The van der Waals surface area contributed by atoms with Crippen molar-refractivity contribution in [2.45, 2.75) is 10.1 Å². The number of allylic oxidation sites excluding steroid dienone is 1. The van der Waals surface area contributed by atoms with E-state index in [1.165, 1.54) is 12.1 Å². The fourth-order valence-corrected chi connectivity index (χ4v) is 6.60. The minimum atomic E-state index is -4.34. The number of H-pyrrole nitrogens is 1. The van der Waals surface area contributed by atoms with Gasteiger partial charge in [-0.1, -0.05) is 11.8 Å². The Hall–Kier alpha value is -3.07. The van der Waals surface area contributed by atoms with Crippen LogP contribution in [0.15, 0.2) is 50.2 Å². The molecule has 0 fully saturated rings. The van der Waals surface area contributed by atoms with Crippen molar-refractivity contribution in [2.24, 2.45) is 0 Å². The molecule has 0 spiro atoms. The summed E-state index contributed by atoms with van der Waals surface area (Å²) < 4.78 is 55.3. The summed E-state index contributed by atoms with van der Waals surface area (Å²) in [4.78, 5) is 40.0. The van der Waals surface area contributed by atoms with Crippen LogP contribution >= 0.6 is 35.0 Å². The van der Waals surface area contributed by atoms with Crippen molar-refractivity contribution >= 4 is 73.3 Å². The number of urea groups is 1. The summed E-state index contributed by atoms with van der Waals surface area (Å²) >= 11 is 12.4. The summed E-state index contributed by atoms with van der Waals surface area (Å²) in [6.45, 7) is 0. The lowest BCUT2D eigenvalue weighted by atomic mass is 10.2. The van der Waals surface area contributed by atoms with Gasteiger partial charge in [0.15, 0.2) is 11.6 Å². The highest BCUT2D eigenvalue weighted by Crippen LogP contribution is 2.40. The van der Waals surface area contributed by atoms with Crippen LogP contribution in [0.25, 0.3) is 16.6 Å². The number of carbonyl (C=O) groups excluding carboxylic acids is 1. The molecule has 190 valence electrons. The number of aromatic amines is 1. The van der Waals surface area contributed by atoms with E-state index in [1.807, 2.05) is 5.32 Å². The van der Waals surface area contributed by atoms with Crippen molar-refractivity contribution < 1.29 is 22.0 Å². The number of amides is 2. The van der Waals surface area contributed by atoms with E-state index in [4.69, 9.17) is 23.2 Å². The van der Waals surface area contributed by atoms with Gasteiger partial charge < -0.3 is 15.6 Å². The fraction of sp³-hybridized carbons (Fsp3) is 0.150. The largest absolute Gasteiger partial charge is 0.388 e. The summed E-state index contributed by atoms with van der Waals surface area (Å²) in [7, 11) is -2.71. The monoisotopic (exact) mass is 577 g/mol. The van der Waals surface area contributed by atoms with E-state index in [9.17, 15) is 31.6 Å². The molecule has 4 N–H and O–H groups in total. The van der Waals surface area contributed by atoms with Crippen LogP contribution in [0.4, 0.5) is 25.0 Å². The second-order valence-electron chi connectivity index (χ2n) is 7.33. The number of thioether (sulfide) groups is 1. The molecule has 2 amide bonds. The van der Waals surface area contributed by atoms with E-state index in [-0.39, 0.29) is 19.7 Å². The van der Waals surface area contributed by atoms with Crippen LogP contribution in [0.1, 0.15) is 0 Å². The maximum absolute atomic E-state index is 14.9. The number of fused-ring (bicyclic) bond motifs is 1. The lowest BCUT2D eigenvalue weighted by molar-refractivity contribution is 0.256. The quantitative estimate of drug-likeness (QED) is 0.341.